The Bertz CT molecular complexity index is 1410. The third kappa shape index (κ3) is 4.47. The van der Waals surface area contributed by atoms with Crippen molar-refractivity contribution in [3.05, 3.63) is 107 Å². The minimum absolute atomic E-state index is 0.0972. The number of benzene rings is 3. The summed E-state index contributed by atoms with van der Waals surface area (Å²) in [6.07, 6.45) is 1.62. The zero-order valence-electron chi connectivity index (χ0n) is 19.1. The number of methoxy groups -OCH3 is 1. The molecule has 2 heterocycles. The Hall–Kier alpha value is -3.83. The molecule has 0 fully saturated rings. The first-order valence-electron chi connectivity index (χ1n) is 11.2. The van der Waals surface area contributed by atoms with Crippen molar-refractivity contribution in [1.82, 2.24) is 14.5 Å². The standard InChI is InChI=1S/C28H25ClN4O/c1-19(21-8-4-3-5-9-21)32-27-25-16-26(22-11-13-24(34-2)14-12-22)33(28(25)31-18-30-27)17-20-7-6-10-23(29)15-20/h3-16,18-19H,17H2,1-2H3,(H,30,31,32)/t19-/m1/s1. The first kappa shape index (κ1) is 22.0. The molecule has 5 nitrogen and oxygen atoms in total. The fourth-order valence-corrected chi connectivity index (χ4v) is 4.40. The van der Waals surface area contributed by atoms with Gasteiger partial charge in [0.1, 0.15) is 23.5 Å². The van der Waals surface area contributed by atoms with Gasteiger partial charge in [-0.1, -0.05) is 54.1 Å². The van der Waals surface area contributed by atoms with Crippen molar-refractivity contribution in [3.8, 4) is 17.0 Å². The van der Waals surface area contributed by atoms with E-state index in [0.29, 0.717) is 11.6 Å². The Morgan fingerprint density at radius 2 is 1.74 bits per heavy atom. The van der Waals surface area contributed by atoms with Crippen molar-refractivity contribution in [3.63, 3.8) is 0 Å². The van der Waals surface area contributed by atoms with Crippen molar-refractivity contribution in [2.75, 3.05) is 12.4 Å². The molecule has 1 N–H and O–H groups in total. The molecule has 1 atom stereocenters. The van der Waals surface area contributed by atoms with E-state index in [-0.39, 0.29) is 6.04 Å². The van der Waals surface area contributed by atoms with Crippen LogP contribution in [0, 0.1) is 0 Å². The second kappa shape index (κ2) is 9.57. The van der Waals surface area contributed by atoms with E-state index in [1.807, 2.05) is 48.5 Å². The van der Waals surface area contributed by atoms with Gasteiger partial charge in [0, 0.05) is 17.6 Å². The molecule has 170 valence electrons. The van der Waals surface area contributed by atoms with E-state index in [1.165, 1.54) is 5.56 Å². The molecule has 0 saturated heterocycles. The topological polar surface area (TPSA) is 52.0 Å². The Morgan fingerprint density at radius 3 is 2.47 bits per heavy atom. The van der Waals surface area contributed by atoms with Crippen LogP contribution in [0.1, 0.15) is 24.1 Å². The van der Waals surface area contributed by atoms with Gasteiger partial charge >= 0.3 is 0 Å². The summed E-state index contributed by atoms with van der Waals surface area (Å²) in [4.78, 5) is 9.27. The lowest BCUT2D eigenvalue weighted by Gasteiger charge is -2.15. The maximum Gasteiger partial charge on any atom is 0.146 e. The molecule has 5 rings (SSSR count). The fourth-order valence-electron chi connectivity index (χ4n) is 4.19. The summed E-state index contributed by atoms with van der Waals surface area (Å²) in [5.41, 5.74) is 5.29. The van der Waals surface area contributed by atoms with Crippen molar-refractivity contribution in [2.24, 2.45) is 0 Å². The van der Waals surface area contributed by atoms with Crippen LogP contribution in [0.5, 0.6) is 5.75 Å². The molecular weight excluding hydrogens is 444 g/mol. The van der Waals surface area contributed by atoms with E-state index < -0.39 is 0 Å². The molecule has 0 unspecified atom stereocenters. The second-order valence-electron chi connectivity index (χ2n) is 8.21. The maximum atomic E-state index is 6.28. The Morgan fingerprint density at radius 1 is 0.941 bits per heavy atom. The number of rotatable bonds is 7. The van der Waals surface area contributed by atoms with Gasteiger partial charge in [-0.3, -0.25) is 0 Å². The Kier molecular flexibility index (Phi) is 6.19. The van der Waals surface area contributed by atoms with E-state index in [0.717, 1.165) is 39.4 Å². The average Bonchev–Trinajstić information content (AvgIpc) is 3.24. The molecule has 34 heavy (non-hydrogen) atoms. The zero-order valence-corrected chi connectivity index (χ0v) is 19.8. The fraction of sp³-hybridized carbons (Fsp3) is 0.143. The molecule has 6 heteroatoms. The number of nitrogens with zero attached hydrogens (tertiary/aromatic N) is 3. The highest BCUT2D eigenvalue weighted by Crippen LogP contribution is 2.33. The molecule has 2 aromatic heterocycles. The van der Waals surface area contributed by atoms with Crippen LogP contribution in [-0.2, 0) is 6.54 Å². The minimum Gasteiger partial charge on any atom is -0.497 e. The van der Waals surface area contributed by atoms with Crippen molar-refractivity contribution in [1.29, 1.82) is 0 Å². The summed E-state index contributed by atoms with van der Waals surface area (Å²) >= 11 is 6.28. The first-order valence-corrected chi connectivity index (χ1v) is 11.5. The molecule has 0 radical (unpaired) electrons. The Balaban J connectivity index is 1.61. The minimum atomic E-state index is 0.0972. The lowest BCUT2D eigenvalue weighted by Crippen LogP contribution is -2.09. The number of anilines is 1. The van der Waals surface area contributed by atoms with Crippen molar-refractivity contribution < 1.29 is 4.74 Å². The predicted octanol–water partition coefficient (Wildman–Crippen LogP) is 6.98. The van der Waals surface area contributed by atoms with Gasteiger partial charge in [0.15, 0.2) is 0 Å². The summed E-state index contributed by atoms with van der Waals surface area (Å²) in [6, 6.07) is 28.6. The van der Waals surface area contributed by atoms with Crippen LogP contribution in [0.2, 0.25) is 5.02 Å². The second-order valence-corrected chi connectivity index (χ2v) is 8.65. The summed E-state index contributed by atoms with van der Waals surface area (Å²) in [5.74, 6) is 1.63. The van der Waals surface area contributed by atoms with Gasteiger partial charge in [0.25, 0.3) is 0 Å². The normalized spacial score (nSPS) is 12.0. The number of halogens is 1. The predicted molar refractivity (Wildman–Crippen MR) is 139 cm³/mol. The van der Waals surface area contributed by atoms with Crippen LogP contribution in [0.3, 0.4) is 0 Å². The molecule has 0 aliphatic heterocycles. The van der Waals surface area contributed by atoms with Crippen LogP contribution >= 0.6 is 11.6 Å². The highest BCUT2D eigenvalue weighted by molar-refractivity contribution is 6.30. The van der Waals surface area contributed by atoms with Gasteiger partial charge < -0.3 is 14.6 Å². The van der Waals surface area contributed by atoms with Crippen LogP contribution in [0.4, 0.5) is 5.82 Å². The summed E-state index contributed by atoms with van der Waals surface area (Å²) < 4.78 is 7.57. The molecule has 0 saturated carbocycles. The zero-order chi connectivity index (χ0) is 23.5. The highest BCUT2D eigenvalue weighted by Gasteiger charge is 2.17. The number of fused-ring (bicyclic) bond motifs is 1. The molecular formula is C28H25ClN4O. The molecule has 0 amide bonds. The molecule has 5 aromatic rings. The number of nitrogens with one attached hydrogen (secondary N) is 1. The van der Waals surface area contributed by atoms with E-state index in [9.17, 15) is 0 Å². The largest absolute Gasteiger partial charge is 0.497 e. The van der Waals surface area contributed by atoms with Crippen LogP contribution in [-0.4, -0.2) is 21.6 Å². The Labute approximate surface area is 204 Å². The first-order chi connectivity index (χ1) is 16.6. The lowest BCUT2D eigenvalue weighted by molar-refractivity contribution is 0.415. The van der Waals surface area contributed by atoms with Gasteiger partial charge in [0.05, 0.1) is 18.2 Å². The highest BCUT2D eigenvalue weighted by atomic mass is 35.5. The van der Waals surface area contributed by atoms with E-state index in [1.54, 1.807) is 13.4 Å². The lowest BCUT2D eigenvalue weighted by atomic mass is 10.1. The number of aromatic nitrogens is 3. The van der Waals surface area contributed by atoms with Gasteiger partial charge in [-0.05, 0) is 66.1 Å². The van der Waals surface area contributed by atoms with Crippen LogP contribution < -0.4 is 10.1 Å². The van der Waals surface area contributed by atoms with E-state index >= 15 is 0 Å². The summed E-state index contributed by atoms with van der Waals surface area (Å²) in [6.45, 7) is 2.77. The maximum absolute atomic E-state index is 6.28. The number of ether oxygens (including phenoxy) is 1. The van der Waals surface area contributed by atoms with E-state index in [4.69, 9.17) is 16.3 Å². The van der Waals surface area contributed by atoms with E-state index in [2.05, 4.69) is 63.2 Å². The number of hydrogen-bond acceptors (Lipinski definition) is 4. The van der Waals surface area contributed by atoms with Gasteiger partial charge in [-0.2, -0.15) is 0 Å². The van der Waals surface area contributed by atoms with Gasteiger partial charge in [-0.25, -0.2) is 9.97 Å². The SMILES string of the molecule is COc1ccc(-c2cc3c(N[C@H](C)c4ccccc4)ncnc3n2Cc2cccc(Cl)c2)cc1. The molecule has 0 aliphatic carbocycles. The molecule has 3 aromatic carbocycles. The van der Waals surface area contributed by atoms with Crippen molar-refractivity contribution >= 4 is 28.5 Å². The van der Waals surface area contributed by atoms with Crippen LogP contribution in [0.25, 0.3) is 22.3 Å². The van der Waals surface area contributed by atoms with Gasteiger partial charge in [-0.15, -0.1) is 0 Å². The quantitative estimate of drug-likeness (QED) is 0.280. The molecule has 0 aliphatic rings. The van der Waals surface area contributed by atoms with Crippen molar-refractivity contribution in [2.45, 2.75) is 19.5 Å². The summed E-state index contributed by atoms with van der Waals surface area (Å²) in [7, 11) is 1.67. The summed E-state index contributed by atoms with van der Waals surface area (Å²) in [5, 5.41) is 5.27. The average molecular weight is 469 g/mol. The van der Waals surface area contributed by atoms with Crippen LogP contribution in [0.15, 0.2) is 91.3 Å². The smallest absolute Gasteiger partial charge is 0.146 e. The van der Waals surface area contributed by atoms with Gasteiger partial charge in [0.2, 0.25) is 0 Å². The third-order valence-corrected chi connectivity index (χ3v) is 6.19. The number of hydrogen-bond donors (Lipinski definition) is 1. The third-order valence-electron chi connectivity index (χ3n) is 5.96. The monoisotopic (exact) mass is 468 g/mol. The molecule has 0 bridgehead atoms. The molecule has 0 spiro atoms.